The molecular weight excluding hydrogens is 370 g/mol. The molecule has 1 aliphatic carbocycles. The quantitative estimate of drug-likeness (QED) is 0.831. The van der Waals surface area contributed by atoms with E-state index >= 15 is 0 Å². The Morgan fingerprint density at radius 1 is 1.45 bits per heavy atom. The summed E-state index contributed by atoms with van der Waals surface area (Å²) in [6, 6.07) is 0.716. The molecule has 1 unspecified atom stereocenters. The molecule has 1 aliphatic rings. The number of hydrogen-bond acceptors (Lipinski definition) is 4. The normalized spacial score (nSPS) is 16.2. The lowest BCUT2D eigenvalue weighted by atomic mass is 10.2. The van der Waals surface area contributed by atoms with E-state index in [-0.39, 0.29) is 6.04 Å². The second kappa shape index (κ2) is 6.20. The highest BCUT2D eigenvalue weighted by atomic mass is 79.9. The molecule has 1 heterocycles. The number of ether oxygens (including phenoxy) is 1. The first kappa shape index (κ1) is 17.3. The van der Waals surface area contributed by atoms with Crippen LogP contribution >= 0.6 is 27.3 Å². The molecule has 0 spiro atoms. The van der Waals surface area contributed by atoms with E-state index in [1.54, 1.807) is 26.8 Å². The average molecular weight is 390 g/mol. The number of rotatable bonds is 4. The fraction of sp³-hybridized carbons (Fsp3) is 0.600. The summed E-state index contributed by atoms with van der Waals surface area (Å²) in [5, 5.41) is 9.66. The Hall–Kier alpha value is -1.08. The molecular formula is C15H20BrNO4S. The molecule has 0 bridgehead atoms. The second-order valence-electron chi connectivity index (χ2n) is 6.41. The maximum Gasteiger partial charge on any atom is 0.411 e. The first-order valence-electron chi connectivity index (χ1n) is 7.10. The Balaban J connectivity index is 2.34. The fourth-order valence-electron chi connectivity index (χ4n) is 2.13. The SMILES string of the molecule is Cc1sc(C(C(=O)O)N(C(=O)OC(C)(C)C)C2CC2)cc1Br. The van der Waals surface area contributed by atoms with E-state index in [0.717, 1.165) is 22.2 Å². The average Bonchev–Trinajstić information content (AvgIpc) is 3.10. The zero-order valence-corrected chi connectivity index (χ0v) is 15.5. The minimum Gasteiger partial charge on any atom is -0.479 e. The summed E-state index contributed by atoms with van der Waals surface area (Å²) in [4.78, 5) is 27.3. The summed E-state index contributed by atoms with van der Waals surface area (Å²) in [6.45, 7) is 7.24. The van der Waals surface area contributed by atoms with E-state index in [4.69, 9.17) is 4.74 Å². The topological polar surface area (TPSA) is 66.8 Å². The fourth-order valence-corrected chi connectivity index (χ4v) is 3.78. The van der Waals surface area contributed by atoms with Crippen molar-refractivity contribution in [3.63, 3.8) is 0 Å². The Morgan fingerprint density at radius 3 is 2.41 bits per heavy atom. The maximum absolute atomic E-state index is 12.5. The van der Waals surface area contributed by atoms with Gasteiger partial charge in [-0.2, -0.15) is 0 Å². The van der Waals surface area contributed by atoms with Gasteiger partial charge in [-0.3, -0.25) is 4.90 Å². The van der Waals surface area contributed by atoms with Crippen molar-refractivity contribution >= 4 is 39.3 Å². The van der Waals surface area contributed by atoms with Crippen LogP contribution in [0, 0.1) is 6.92 Å². The van der Waals surface area contributed by atoms with Crippen LogP contribution in [-0.2, 0) is 9.53 Å². The highest BCUT2D eigenvalue weighted by molar-refractivity contribution is 9.10. The number of halogens is 1. The molecule has 0 radical (unpaired) electrons. The largest absolute Gasteiger partial charge is 0.479 e. The highest BCUT2D eigenvalue weighted by Gasteiger charge is 2.44. The predicted molar refractivity (Wildman–Crippen MR) is 88.2 cm³/mol. The number of aliphatic carboxylic acids is 1. The van der Waals surface area contributed by atoms with E-state index in [0.29, 0.717) is 4.88 Å². The van der Waals surface area contributed by atoms with Gasteiger partial charge < -0.3 is 9.84 Å². The molecule has 0 saturated heterocycles. The van der Waals surface area contributed by atoms with Gasteiger partial charge in [-0.25, -0.2) is 9.59 Å². The van der Waals surface area contributed by atoms with Crippen LogP contribution in [-0.4, -0.2) is 33.7 Å². The molecule has 7 heteroatoms. The van der Waals surface area contributed by atoms with Crippen molar-refractivity contribution in [2.45, 2.75) is 58.2 Å². The van der Waals surface area contributed by atoms with Crippen molar-refractivity contribution in [2.24, 2.45) is 0 Å². The van der Waals surface area contributed by atoms with Gasteiger partial charge >= 0.3 is 12.1 Å². The van der Waals surface area contributed by atoms with Gasteiger partial charge in [0.15, 0.2) is 6.04 Å². The van der Waals surface area contributed by atoms with Gasteiger partial charge in [-0.05, 0) is 62.5 Å². The molecule has 1 saturated carbocycles. The Labute approximate surface area is 142 Å². The van der Waals surface area contributed by atoms with Crippen LogP contribution in [0.2, 0.25) is 0 Å². The third-order valence-electron chi connectivity index (χ3n) is 3.20. The van der Waals surface area contributed by atoms with Crippen molar-refractivity contribution in [3.05, 3.63) is 20.3 Å². The zero-order chi connectivity index (χ0) is 16.7. The molecule has 22 heavy (non-hydrogen) atoms. The van der Waals surface area contributed by atoms with E-state index in [1.165, 1.54) is 16.2 Å². The van der Waals surface area contributed by atoms with Gasteiger partial charge in [0.05, 0.1) is 0 Å². The highest BCUT2D eigenvalue weighted by Crippen LogP contribution is 2.40. The molecule has 2 rings (SSSR count). The number of carbonyl (C=O) groups excluding carboxylic acids is 1. The van der Waals surface area contributed by atoms with Crippen molar-refractivity contribution in [1.29, 1.82) is 0 Å². The zero-order valence-electron chi connectivity index (χ0n) is 13.1. The summed E-state index contributed by atoms with van der Waals surface area (Å²) < 4.78 is 6.27. The number of carbonyl (C=O) groups is 2. The van der Waals surface area contributed by atoms with Gasteiger partial charge in [-0.1, -0.05) is 0 Å². The number of carboxylic acid groups (broad SMARTS) is 1. The molecule has 1 amide bonds. The van der Waals surface area contributed by atoms with Gasteiger partial charge in [0.25, 0.3) is 0 Å². The number of nitrogens with zero attached hydrogens (tertiary/aromatic N) is 1. The molecule has 0 aliphatic heterocycles. The molecule has 0 aromatic carbocycles. The monoisotopic (exact) mass is 389 g/mol. The summed E-state index contributed by atoms with van der Waals surface area (Å²) in [5.74, 6) is -1.04. The van der Waals surface area contributed by atoms with Crippen LogP contribution in [0.15, 0.2) is 10.5 Å². The lowest BCUT2D eigenvalue weighted by Crippen LogP contribution is -2.43. The lowest BCUT2D eigenvalue weighted by molar-refractivity contribution is -0.143. The molecule has 1 aromatic heterocycles. The first-order valence-corrected chi connectivity index (χ1v) is 8.71. The van der Waals surface area contributed by atoms with Crippen molar-refractivity contribution in [1.82, 2.24) is 4.90 Å². The van der Waals surface area contributed by atoms with Crippen LogP contribution in [0.5, 0.6) is 0 Å². The standard InChI is InChI=1S/C15H20BrNO4S/c1-8-10(16)7-11(22-8)12(13(18)19)17(9-5-6-9)14(20)21-15(2,3)4/h7,9,12H,5-6H2,1-4H3,(H,18,19). The van der Waals surface area contributed by atoms with E-state index in [9.17, 15) is 14.7 Å². The number of hydrogen-bond donors (Lipinski definition) is 1. The van der Waals surface area contributed by atoms with Crippen LogP contribution < -0.4 is 0 Å². The summed E-state index contributed by atoms with van der Waals surface area (Å²) in [5.41, 5.74) is -0.654. The third kappa shape index (κ3) is 4.01. The van der Waals surface area contributed by atoms with Crippen LogP contribution in [0.4, 0.5) is 4.79 Å². The van der Waals surface area contributed by atoms with E-state index in [1.807, 2.05) is 6.92 Å². The Morgan fingerprint density at radius 2 is 2.05 bits per heavy atom. The summed E-state index contributed by atoms with van der Waals surface area (Å²) in [6.07, 6.45) is 1.06. The van der Waals surface area contributed by atoms with Crippen LogP contribution in [0.1, 0.15) is 49.4 Å². The van der Waals surface area contributed by atoms with Crippen LogP contribution in [0.25, 0.3) is 0 Å². The summed E-state index contributed by atoms with van der Waals surface area (Å²) in [7, 11) is 0. The molecule has 1 fully saturated rings. The molecule has 5 nitrogen and oxygen atoms in total. The molecule has 1 atom stereocenters. The Kier molecular flexibility index (Phi) is 4.87. The van der Waals surface area contributed by atoms with Gasteiger partial charge in [0, 0.05) is 20.3 Å². The minimum absolute atomic E-state index is 0.0582. The van der Waals surface area contributed by atoms with Gasteiger partial charge in [0.1, 0.15) is 5.60 Å². The van der Waals surface area contributed by atoms with E-state index in [2.05, 4.69) is 15.9 Å². The number of amides is 1. The molecule has 1 N–H and O–H groups in total. The second-order valence-corrected chi connectivity index (χ2v) is 8.55. The van der Waals surface area contributed by atoms with Gasteiger partial charge in [0.2, 0.25) is 0 Å². The van der Waals surface area contributed by atoms with Crippen molar-refractivity contribution in [2.75, 3.05) is 0 Å². The smallest absolute Gasteiger partial charge is 0.411 e. The number of thiophene rings is 1. The molecule has 1 aromatic rings. The third-order valence-corrected chi connectivity index (χ3v) is 5.39. The minimum atomic E-state index is -1.04. The number of aryl methyl sites for hydroxylation is 1. The predicted octanol–water partition coefficient (Wildman–Crippen LogP) is 4.34. The van der Waals surface area contributed by atoms with Crippen molar-refractivity contribution < 1.29 is 19.4 Å². The number of carboxylic acids is 1. The Bertz CT molecular complexity index is 569. The first-order chi connectivity index (χ1) is 10.1. The van der Waals surface area contributed by atoms with Gasteiger partial charge in [-0.15, -0.1) is 11.3 Å². The summed E-state index contributed by atoms with van der Waals surface area (Å²) >= 11 is 4.79. The van der Waals surface area contributed by atoms with Crippen molar-refractivity contribution in [3.8, 4) is 0 Å². The lowest BCUT2D eigenvalue weighted by Gasteiger charge is -2.31. The van der Waals surface area contributed by atoms with E-state index < -0.39 is 23.7 Å². The van der Waals surface area contributed by atoms with Crippen LogP contribution in [0.3, 0.4) is 0 Å². The maximum atomic E-state index is 12.5. The molecule has 122 valence electrons.